The number of ether oxygens (including phenoxy) is 1. The van der Waals surface area contributed by atoms with Gasteiger partial charge in [0.15, 0.2) is 0 Å². The zero-order valence-corrected chi connectivity index (χ0v) is 7.75. The van der Waals surface area contributed by atoms with Crippen LogP contribution in [0.3, 0.4) is 0 Å². The molecule has 2 rings (SSSR count). The number of piperidine rings is 1. The van der Waals surface area contributed by atoms with E-state index in [1.165, 1.54) is 0 Å². The minimum absolute atomic E-state index is 0.0640. The lowest BCUT2D eigenvalue weighted by Crippen LogP contribution is -2.65. The lowest BCUT2D eigenvalue weighted by molar-refractivity contribution is -0.255. The SMILES string of the molecule is OCC1(C2(O)COC2)CCNCC1. The first-order valence-corrected chi connectivity index (χ1v) is 4.84. The Hall–Kier alpha value is -0.160. The zero-order chi connectivity index (χ0) is 9.36. The first-order chi connectivity index (χ1) is 6.22. The van der Waals surface area contributed by atoms with Crippen LogP contribution < -0.4 is 5.32 Å². The van der Waals surface area contributed by atoms with Crippen LogP contribution in [0.4, 0.5) is 0 Å². The van der Waals surface area contributed by atoms with Gasteiger partial charge in [-0.3, -0.25) is 0 Å². The summed E-state index contributed by atoms with van der Waals surface area (Å²) in [5.74, 6) is 0. The van der Waals surface area contributed by atoms with Crippen molar-refractivity contribution < 1.29 is 14.9 Å². The molecule has 0 amide bonds. The normalized spacial score (nSPS) is 30.9. The molecule has 0 aromatic heterocycles. The maximum atomic E-state index is 10.2. The molecular formula is C9H17NO3. The van der Waals surface area contributed by atoms with Crippen molar-refractivity contribution in [3.63, 3.8) is 0 Å². The third-order valence-electron chi connectivity index (χ3n) is 3.53. The van der Waals surface area contributed by atoms with Gasteiger partial charge in [-0.1, -0.05) is 0 Å². The van der Waals surface area contributed by atoms with Crippen molar-refractivity contribution in [3.05, 3.63) is 0 Å². The summed E-state index contributed by atoms with van der Waals surface area (Å²) in [5, 5.41) is 22.8. The third kappa shape index (κ3) is 1.29. The van der Waals surface area contributed by atoms with Gasteiger partial charge in [-0.05, 0) is 25.9 Å². The van der Waals surface area contributed by atoms with E-state index in [4.69, 9.17) is 4.74 Å². The molecule has 0 bridgehead atoms. The van der Waals surface area contributed by atoms with E-state index >= 15 is 0 Å². The lowest BCUT2D eigenvalue weighted by Gasteiger charge is -2.52. The number of rotatable bonds is 2. The molecule has 0 unspecified atom stereocenters. The van der Waals surface area contributed by atoms with E-state index in [-0.39, 0.29) is 12.0 Å². The van der Waals surface area contributed by atoms with Gasteiger partial charge in [-0.15, -0.1) is 0 Å². The molecule has 0 spiro atoms. The summed E-state index contributed by atoms with van der Waals surface area (Å²) in [4.78, 5) is 0. The molecule has 4 heteroatoms. The quantitative estimate of drug-likeness (QED) is 0.525. The van der Waals surface area contributed by atoms with Gasteiger partial charge in [0.2, 0.25) is 0 Å². The molecular weight excluding hydrogens is 170 g/mol. The average molecular weight is 187 g/mol. The molecule has 2 aliphatic heterocycles. The molecule has 4 nitrogen and oxygen atoms in total. The number of aliphatic hydroxyl groups is 2. The predicted octanol–water partition coefficient (Wildman–Crippen LogP) is -0.890. The fourth-order valence-corrected chi connectivity index (χ4v) is 2.28. The van der Waals surface area contributed by atoms with Crippen molar-refractivity contribution >= 4 is 0 Å². The van der Waals surface area contributed by atoms with Gasteiger partial charge >= 0.3 is 0 Å². The van der Waals surface area contributed by atoms with Crippen molar-refractivity contribution in [1.82, 2.24) is 5.32 Å². The molecule has 0 saturated carbocycles. The second-order valence-electron chi connectivity index (χ2n) is 4.21. The fraction of sp³-hybridized carbons (Fsp3) is 1.00. The summed E-state index contributed by atoms with van der Waals surface area (Å²) < 4.78 is 5.04. The lowest BCUT2D eigenvalue weighted by atomic mass is 9.65. The van der Waals surface area contributed by atoms with Crippen molar-refractivity contribution in [2.45, 2.75) is 18.4 Å². The Balaban J connectivity index is 2.12. The second-order valence-corrected chi connectivity index (χ2v) is 4.21. The largest absolute Gasteiger partial charge is 0.396 e. The highest BCUT2D eigenvalue weighted by molar-refractivity contribution is 5.04. The van der Waals surface area contributed by atoms with Gasteiger partial charge in [0, 0.05) is 5.41 Å². The Morgan fingerprint density at radius 3 is 2.23 bits per heavy atom. The number of nitrogens with one attached hydrogen (secondary N) is 1. The second kappa shape index (κ2) is 3.20. The van der Waals surface area contributed by atoms with E-state index in [1.54, 1.807) is 0 Å². The Morgan fingerprint density at radius 2 is 1.85 bits per heavy atom. The summed E-state index contributed by atoms with van der Waals surface area (Å²) in [6.07, 6.45) is 1.67. The molecule has 0 aliphatic carbocycles. The van der Waals surface area contributed by atoms with Crippen molar-refractivity contribution in [2.24, 2.45) is 5.41 Å². The maximum Gasteiger partial charge on any atom is 0.119 e. The van der Waals surface area contributed by atoms with Gasteiger partial charge in [0.05, 0.1) is 19.8 Å². The average Bonchev–Trinajstić information content (AvgIpc) is 2.15. The molecule has 0 aromatic carbocycles. The topological polar surface area (TPSA) is 61.7 Å². The van der Waals surface area contributed by atoms with Crippen LogP contribution >= 0.6 is 0 Å². The van der Waals surface area contributed by atoms with Gasteiger partial charge < -0.3 is 20.3 Å². The summed E-state index contributed by atoms with van der Waals surface area (Å²) in [5.41, 5.74) is -1.10. The molecule has 0 atom stereocenters. The number of aliphatic hydroxyl groups excluding tert-OH is 1. The molecule has 2 heterocycles. The van der Waals surface area contributed by atoms with Crippen molar-refractivity contribution in [3.8, 4) is 0 Å². The third-order valence-corrected chi connectivity index (χ3v) is 3.53. The summed E-state index contributed by atoms with van der Waals surface area (Å²) >= 11 is 0. The minimum atomic E-state index is -0.774. The van der Waals surface area contributed by atoms with Gasteiger partial charge in [-0.25, -0.2) is 0 Å². The van der Waals surface area contributed by atoms with E-state index in [0.29, 0.717) is 13.2 Å². The Morgan fingerprint density at radius 1 is 1.23 bits per heavy atom. The molecule has 2 aliphatic rings. The van der Waals surface area contributed by atoms with Crippen LogP contribution in [0.1, 0.15) is 12.8 Å². The van der Waals surface area contributed by atoms with E-state index < -0.39 is 5.60 Å². The number of hydrogen-bond acceptors (Lipinski definition) is 4. The first kappa shape index (κ1) is 9.40. The van der Waals surface area contributed by atoms with Gasteiger partial charge in [0.25, 0.3) is 0 Å². The molecule has 0 aromatic rings. The Labute approximate surface area is 77.9 Å². The van der Waals surface area contributed by atoms with Crippen LogP contribution in [0.25, 0.3) is 0 Å². The highest BCUT2D eigenvalue weighted by Gasteiger charge is 2.54. The van der Waals surface area contributed by atoms with Crippen LogP contribution in [-0.4, -0.2) is 48.7 Å². The van der Waals surface area contributed by atoms with Gasteiger partial charge in [-0.2, -0.15) is 0 Å². The zero-order valence-electron chi connectivity index (χ0n) is 7.75. The van der Waals surface area contributed by atoms with Crippen LogP contribution in [0.5, 0.6) is 0 Å². The smallest absolute Gasteiger partial charge is 0.119 e. The minimum Gasteiger partial charge on any atom is -0.396 e. The Bertz CT molecular complexity index is 185. The molecule has 76 valence electrons. The highest BCUT2D eigenvalue weighted by atomic mass is 16.5. The molecule has 2 fully saturated rings. The molecule has 13 heavy (non-hydrogen) atoms. The predicted molar refractivity (Wildman–Crippen MR) is 47.4 cm³/mol. The summed E-state index contributed by atoms with van der Waals surface area (Å²) in [7, 11) is 0. The van der Waals surface area contributed by atoms with E-state index in [0.717, 1.165) is 25.9 Å². The van der Waals surface area contributed by atoms with Crippen LogP contribution in [0.2, 0.25) is 0 Å². The van der Waals surface area contributed by atoms with E-state index in [9.17, 15) is 10.2 Å². The van der Waals surface area contributed by atoms with Crippen LogP contribution in [0, 0.1) is 5.41 Å². The monoisotopic (exact) mass is 187 g/mol. The standard InChI is InChI=1S/C9H17NO3/c11-5-8(1-3-10-4-2-8)9(12)6-13-7-9/h10-12H,1-7H2. The molecule has 3 N–H and O–H groups in total. The van der Waals surface area contributed by atoms with E-state index in [1.807, 2.05) is 0 Å². The number of hydrogen-bond donors (Lipinski definition) is 3. The molecule has 0 radical (unpaired) electrons. The van der Waals surface area contributed by atoms with Crippen molar-refractivity contribution in [1.29, 1.82) is 0 Å². The fourth-order valence-electron chi connectivity index (χ4n) is 2.28. The first-order valence-electron chi connectivity index (χ1n) is 4.84. The molecule has 2 saturated heterocycles. The van der Waals surface area contributed by atoms with Crippen LogP contribution in [-0.2, 0) is 4.74 Å². The van der Waals surface area contributed by atoms with E-state index in [2.05, 4.69) is 5.32 Å². The van der Waals surface area contributed by atoms with Crippen molar-refractivity contribution in [2.75, 3.05) is 32.9 Å². The highest BCUT2D eigenvalue weighted by Crippen LogP contribution is 2.43. The van der Waals surface area contributed by atoms with Gasteiger partial charge in [0.1, 0.15) is 5.60 Å². The Kier molecular flexibility index (Phi) is 2.32. The van der Waals surface area contributed by atoms with Crippen LogP contribution in [0.15, 0.2) is 0 Å². The summed E-state index contributed by atoms with van der Waals surface area (Å²) in [6.45, 7) is 2.58. The summed E-state index contributed by atoms with van der Waals surface area (Å²) in [6, 6.07) is 0. The maximum absolute atomic E-state index is 10.2.